The average Bonchev–Trinajstić information content (AvgIpc) is 3.40. The van der Waals surface area contributed by atoms with Crippen LogP contribution in [0, 0.1) is 18.8 Å². The number of ether oxygens (including phenoxy) is 1. The van der Waals surface area contributed by atoms with E-state index in [9.17, 15) is 4.79 Å². The lowest BCUT2D eigenvalue weighted by Crippen LogP contribution is -2.41. The van der Waals surface area contributed by atoms with E-state index in [-0.39, 0.29) is 17.6 Å². The number of benzene rings is 1. The minimum Gasteiger partial charge on any atom is -0.369 e. The van der Waals surface area contributed by atoms with Crippen molar-refractivity contribution in [1.29, 1.82) is 0 Å². The van der Waals surface area contributed by atoms with Gasteiger partial charge in [0.15, 0.2) is 0 Å². The number of nitrogens with one attached hydrogen (secondary N) is 1. The Kier molecular flexibility index (Phi) is 4.74. The highest BCUT2D eigenvalue weighted by Gasteiger charge is 2.63. The number of nitrogens with zero attached hydrogens (tertiary/aromatic N) is 3. The lowest BCUT2D eigenvalue weighted by Gasteiger charge is -2.29. The molecule has 3 aliphatic heterocycles. The van der Waals surface area contributed by atoms with Crippen molar-refractivity contribution < 1.29 is 9.53 Å². The molecule has 1 spiro atoms. The second-order valence-electron chi connectivity index (χ2n) is 8.67. The van der Waals surface area contributed by atoms with Crippen molar-refractivity contribution in [2.45, 2.75) is 44.3 Å². The van der Waals surface area contributed by atoms with Crippen molar-refractivity contribution in [2.24, 2.45) is 11.8 Å². The van der Waals surface area contributed by atoms with Crippen LogP contribution in [0.15, 0.2) is 42.7 Å². The summed E-state index contributed by atoms with van der Waals surface area (Å²) in [7, 11) is 0. The van der Waals surface area contributed by atoms with E-state index in [1.165, 1.54) is 5.56 Å². The molecule has 5 rings (SSSR count). The highest BCUT2D eigenvalue weighted by molar-refractivity contribution is 5.76. The van der Waals surface area contributed by atoms with E-state index < -0.39 is 0 Å². The van der Waals surface area contributed by atoms with Gasteiger partial charge in [-0.05, 0) is 31.7 Å². The normalized spacial score (nSPS) is 29.8. The Bertz CT molecular complexity index is 889. The van der Waals surface area contributed by atoms with Gasteiger partial charge in [-0.3, -0.25) is 9.78 Å². The number of hydrogen-bond donors (Lipinski definition) is 1. The van der Waals surface area contributed by atoms with Crippen LogP contribution in [0.4, 0.5) is 5.82 Å². The number of rotatable bonds is 6. The zero-order valence-electron chi connectivity index (χ0n) is 16.9. The zero-order valence-corrected chi connectivity index (χ0v) is 16.9. The number of aromatic nitrogens is 2. The maximum atomic E-state index is 12.4. The summed E-state index contributed by atoms with van der Waals surface area (Å²) >= 11 is 0. The first-order valence-electron chi connectivity index (χ1n) is 10.7. The Morgan fingerprint density at radius 3 is 2.93 bits per heavy atom. The molecule has 152 valence electrons. The van der Waals surface area contributed by atoms with Crippen LogP contribution < -0.4 is 10.2 Å². The minimum absolute atomic E-state index is 0.0753. The molecule has 3 aliphatic rings. The molecule has 0 radical (unpaired) electrons. The van der Waals surface area contributed by atoms with E-state index >= 15 is 0 Å². The van der Waals surface area contributed by atoms with Gasteiger partial charge in [-0.1, -0.05) is 30.3 Å². The van der Waals surface area contributed by atoms with Crippen molar-refractivity contribution in [1.82, 2.24) is 15.3 Å². The molecule has 1 aromatic heterocycles. The monoisotopic (exact) mass is 392 g/mol. The topological polar surface area (TPSA) is 67.4 Å². The summed E-state index contributed by atoms with van der Waals surface area (Å²) in [6.07, 6.45) is 7.29. The molecule has 1 N–H and O–H groups in total. The quantitative estimate of drug-likeness (QED) is 0.818. The van der Waals surface area contributed by atoms with Crippen LogP contribution >= 0.6 is 0 Å². The molecular weight excluding hydrogens is 364 g/mol. The molecule has 1 aromatic carbocycles. The van der Waals surface area contributed by atoms with Crippen molar-refractivity contribution >= 4 is 11.7 Å². The van der Waals surface area contributed by atoms with Gasteiger partial charge < -0.3 is 15.0 Å². The van der Waals surface area contributed by atoms with E-state index in [1.807, 2.05) is 25.1 Å². The number of fused-ring (bicyclic) bond motifs is 1. The lowest BCUT2D eigenvalue weighted by molar-refractivity contribution is -0.121. The van der Waals surface area contributed by atoms with Crippen LogP contribution in [0.25, 0.3) is 0 Å². The van der Waals surface area contributed by atoms with Crippen molar-refractivity contribution in [2.75, 3.05) is 24.5 Å². The van der Waals surface area contributed by atoms with E-state index in [2.05, 4.69) is 32.3 Å². The fraction of sp³-hybridized carbons (Fsp3) is 0.522. The summed E-state index contributed by atoms with van der Waals surface area (Å²) in [5.41, 5.74) is 2.09. The van der Waals surface area contributed by atoms with Gasteiger partial charge in [0.2, 0.25) is 5.91 Å². The van der Waals surface area contributed by atoms with Crippen molar-refractivity contribution in [3.63, 3.8) is 0 Å². The minimum atomic E-state index is -0.0753. The third-order valence-corrected chi connectivity index (χ3v) is 6.96. The molecule has 4 atom stereocenters. The van der Waals surface area contributed by atoms with Gasteiger partial charge in [-0.15, -0.1) is 0 Å². The van der Waals surface area contributed by atoms with Crippen LogP contribution in [-0.2, 0) is 16.0 Å². The second-order valence-corrected chi connectivity index (χ2v) is 8.67. The molecule has 3 saturated heterocycles. The SMILES string of the molecule is Cc1nccnc1N1C[C@@H]2[C@H](CNC(=O)CCc3ccccc3)[C@H]3CC[C@]2(C1)O3. The summed E-state index contributed by atoms with van der Waals surface area (Å²) < 4.78 is 6.51. The standard InChI is InChI=1S/C23H28N4O2/c1-16-22(25-12-11-24-16)27-14-19-18(20-9-10-23(19,15-27)29-20)13-26-21(28)8-7-17-5-3-2-4-6-17/h2-6,11-12,18-20H,7-10,13-15H2,1H3,(H,26,28)/t18-,19+,20+,23+/m0/s1. The highest BCUT2D eigenvalue weighted by Crippen LogP contribution is 2.55. The van der Waals surface area contributed by atoms with E-state index in [0.717, 1.165) is 43.9 Å². The van der Waals surface area contributed by atoms with Crippen molar-refractivity contribution in [3.05, 3.63) is 54.0 Å². The predicted octanol–water partition coefficient (Wildman–Crippen LogP) is 2.52. The molecular formula is C23H28N4O2. The predicted molar refractivity (Wildman–Crippen MR) is 111 cm³/mol. The number of aryl methyl sites for hydroxylation is 2. The Hall–Kier alpha value is -2.47. The molecule has 0 aliphatic carbocycles. The Balaban J connectivity index is 1.21. The van der Waals surface area contributed by atoms with Gasteiger partial charge in [-0.2, -0.15) is 0 Å². The first-order chi connectivity index (χ1) is 14.1. The average molecular weight is 393 g/mol. The summed E-state index contributed by atoms with van der Waals surface area (Å²) in [6.45, 7) is 4.53. The number of hydrogen-bond acceptors (Lipinski definition) is 5. The summed E-state index contributed by atoms with van der Waals surface area (Å²) in [5, 5.41) is 3.19. The zero-order chi connectivity index (χ0) is 19.8. The second kappa shape index (κ2) is 7.41. The van der Waals surface area contributed by atoms with Crippen LogP contribution in [-0.4, -0.2) is 47.2 Å². The fourth-order valence-electron chi connectivity index (χ4n) is 5.56. The molecule has 6 nitrogen and oxygen atoms in total. The van der Waals surface area contributed by atoms with Gasteiger partial charge in [-0.25, -0.2) is 4.98 Å². The van der Waals surface area contributed by atoms with Gasteiger partial charge in [0.05, 0.1) is 17.4 Å². The third-order valence-electron chi connectivity index (χ3n) is 6.96. The maximum absolute atomic E-state index is 12.4. The Labute approximate surface area is 171 Å². The van der Waals surface area contributed by atoms with Crippen LogP contribution in [0.3, 0.4) is 0 Å². The maximum Gasteiger partial charge on any atom is 0.220 e. The third kappa shape index (κ3) is 3.39. The first-order valence-corrected chi connectivity index (χ1v) is 10.7. The summed E-state index contributed by atoms with van der Waals surface area (Å²) in [4.78, 5) is 23.7. The van der Waals surface area contributed by atoms with E-state index in [1.54, 1.807) is 12.4 Å². The highest BCUT2D eigenvalue weighted by atomic mass is 16.5. The molecule has 6 heteroatoms. The van der Waals surface area contributed by atoms with Crippen LogP contribution in [0.2, 0.25) is 0 Å². The lowest BCUT2D eigenvalue weighted by atomic mass is 9.73. The molecule has 4 heterocycles. The molecule has 0 unspecified atom stereocenters. The molecule has 3 fully saturated rings. The number of anilines is 1. The molecule has 2 aromatic rings. The molecule has 29 heavy (non-hydrogen) atoms. The van der Waals surface area contributed by atoms with Gasteiger partial charge in [0, 0.05) is 50.3 Å². The largest absolute Gasteiger partial charge is 0.369 e. The number of carbonyl (C=O) groups is 1. The fourth-order valence-corrected chi connectivity index (χ4v) is 5.56. The molecule has 1 amide bonds. The van der Waals surface area contributed by atoms with E-state index in [4.69, 9.17) is 4.74 Å². The van der Waals surface area contributed by atoms with Crippen molar-refractivity contribution in [3.8, 4) is 0 Å². The first kappa shape index (κ1) is 18.6. The summed E-state index contributed by atoms with van der Waals surface area (Å²) in [5.74, 6) is 1.92. The molecule has 2 bridgehead atoms. The van der Waals surface area contributed by atoms with Gasteiger partial charge in [0.25, 0.3) is 0 Å². The van der Waals surface area contributed by atoms with Crippen LogP contribution in [0.5, 0.6) is 0 Å². The van der Waals surface area contributed by atoms with Gasteiger partial charge in [0.1, 0.15) is 5.82 Å². The Morgan fingerprint density at radius 2 is 2.10 bits per heavy atom. The number of amides is 1. The number of carbonyl (C=O) groups excluding carboxylic acids is 1. The van der Waals surface area contributed by atoms with Gasteiger partial charge >= 0.3 is 0 Å². The van der Waals surface area contributed by atoms with Crippen LogP contribution in [0.1, 0.15) is 30.5 Å². The Morgan fingerprint density at radius 1 is 1.28 bits per heavy atom. The molecule has 0 saturated carbocycles. The summed E-state index contributed by atoms with van der Waals surface area (Å²) in [6, 6.07) is 10.2. The smallest absolute Gasteiger partial charge is 0.220 e. The van der Waals surface area contributed by atoms with E-state index in [0.29, 0.717) is 24.8 Å².